The summed E-state index contributed by atoms with van der Waals surface area (Å²) in [6.45, 7) is 5.00. The van der Waals surface area contributed by atoms with Gasteiger partial charge in [-0.2, -0.15) is 0 Å². The van der Waals surface area contributed by atoms with Gasteiger partial charge in [-0.3, -0.25) is 14.5 Å². The van der Waals surface area contributed by atoms with E-state index in [4.69, 9.17) is 23.7 Å². The van der Waals surface area contributed by atoms with E-state index in [1.54, 1.807) is 12.1 Å². The molecule has 0 aliphatic carbocycles. The largest absolute Gasteiger partial charge is 0.481 e. The topological polar surface area (TPSA) is 118 Å². The summed E-state index contributed by atoms with van der Waals surface area (Å²) < 4.78 is 27.3. The van der Waals surface area contributed by atoms with Crippen LogP contribution in [0.2, 0.25) is 0 Å². The highest BCUT2D eigenvalue weighted by molar-refractivity contribution is 6.13. The number of anilines is 1. The summed E-state index contributed by atoms with van der Waals surface area (Å²) in [5.74, 6) is -2.16. The second-order valence-corrected chi connectivity index (χ2v) is 10.5. The molecule has 0 saturated heterocycles. The minimum absolute atomic E-state index is 0.0113. The summed E-state index contributed by atoms with van der Waals surface area (Å²) in [5, 5.41) is 0. The van der Waals surface area contributed by atoms with Crippen LogP contribution < -0.4 is 14.4 Å². The first-order valence-electron chi connectivity index (χ1n) is 12.9. The van der Waals surface area contributed by atoms with E-state index in [1.165, 1.54) is 31.4 Å². The van der Waals surface area contributed by atoms with Gasteiger partial charge in [0.2, 0.25) is 0 Å². The van der Waals surface area contributed by atoms with Crippen LogP contribution in [0.5, 0.6) is 17.2 Å². The zero-order valence-electron chi connectivity index (χ0n) is 23.3. The Balaban J connectivity index is 1.62. The van der Waals surface area contributed by atoms with Crippen molar-refractivity contribution in [1.29, 1.82) is 0 Å². The van der Waals surface area contributed by atoms with Gasteiger partial charge in [0.05, 0.1) is 25.0 Å². The molecule has 1 amide bonds. The van der Waals surface area contributed by atoms with E-state index in [0.717, 1.165) is 10.5 Å². The highest BCUT2D eigenvalue weighted by Crippen LogP contribution is 2.42. The molecule has 0 bridgehead atoms. The fourth-order valence-corrected chi connectivity index (χ4v) is 3.89. The molecule has 0 unspecified atom stereocenters. The van der Waals surface area contributed by atoms with E-state index in [0.29, 0.717) is 0 Å². The third-order valence-corrected chi connectivity index (χ3v) is 5.88. The molecule has 1 heterocycles. The summed E-state index contributed by atoms with van der Waals surface area (Å²) in [6.07, 6.45) is 0. The number of rotatable bonds is 9. The number of fused-ring (bicyclic) bond motifs is 2. The third-order valence-electron chi connectivity index (χ3n) is 5.88. The first-order chi connectivity index (χ1) is 19.6. The summed E-state index contributed by atoms with van der Waals surface area (Å²) in [6, 6.07) is 18.3. The molecule has 10 heteroatoms. The minimum atomic E-state index is -0.658. The van der Waals surface area contributed by atoms with Crippen LogP contribution in [0.4, 0.5) is 5.69 Å². The van der Waals surface area contributed by atoms with Gasteiger partial charge in [0, 0.05) is 0 Å². The van der Waals surface area contributed by atoms with Crippen molar-refractivity contribution in [3.63, 3.8) is 0 Å². The van der Waals surface area contributed by atoms with Crippen LogP contribution in [0.3, 0.4) is 0 Å². The van der Waals surface area contributed by atoms with Crippen LogP contribution in [0.15, 0.2) is 66.7 Å². The first-order valence-corrected chi connectivity index (χ1v) is 12.9. The quantitative estimate of drug-likeness (QED) is 0.264. The number of amides is 1. The van der Waals surface area contributed by atoms with Crippen molar-refractivity contribution >= 4 is 29.5 Å². The lowest BCUT2D eigenvalue weighted by molar-refractivity contribution is -0.147. The molecule has 3 aromatic rings. The Morgan fingerprint density at radius 2 is 1.63 bits per heavy atom. The molecular formula is C31H31NO9. The van der Waals surface area contributed by atoms with Crippen molar-refractivity contribution < 1.29 is 42.9 Å². The maximum Gasteiger partial charge on any atom is 0.344 e. The predicted octanol–water partition coefficient (Wildman–Crippen LogP) is 4.94. The number of nitrogens with zero attached hydrogens (tertiary/aromatic N) is 1. The normalized spacial score (nSPS) is 12.3. The van der Waals surface area contributed by atoms with Gasteiger partial charge in [-0.15, -0.1) is 0 Å². The number of methoxy groups -OCH3 is 1. The standard InChI is InChI=1S/C31H31NO9/c1-31(2,3)19-40-26(33)16-32-22-15-21(30(36)37-4)13-14-23(22)41-25-12-8-11-24(28(25)29(32)35)38-18-27(34)39-17-20-9-6-5-7-10-20/h5-15H,16-19H2,1-4H3. The van der Waals surface area contributed by atoms with Gasteiger partial charge < -0.3 is 23.7 Å². The lowest BCUT2D eigenvalue weighted by Crippen LogP contribution is -2.37. The number of benzene rings is 3. The van der Waals surface area contributed by atoms with Crippen molar-refractivity contribution in [2.75, 3.05) is 31.8 Å². The molecule has 0 N–H and O–H groups in total. The molecule has 10 nitrogen and oxygen atoms in total. The van der Waals surface area contributed by atoms with Crippen LogP contribution >= 0.6 is 0 Å². The second-order valence-electron chi connectivity index (χ2n) is 10.5. The number of carbonyl (C=O) groups excluding carboxylic acids is 4. The predicted molar refractivity (Wildman–Crippen MR) is 148 cm³/mol. The molecule has 0 atom stereocenters. The molecule has 41 heavy (non-hydrogen) atoms. The Kier molecular flexibility index (Phi) is 8.91. The van der Waals surface area contributed by atoms with Gasteiger partial charge in [0.15, 0.2) is 12.4 Å². The summed E-state index contributed by atoms with van der Waals surface area (Å²) in [5.41, 5.74) is 0.827. The minimum Gasteiger partial charge on any atom is -0.481 e. The van der Waals surface area contributed by atoms with Gasteiger partial charge in [-0.25, -0.2) is 9.59 Å². The van der Waals surface area contributed by atoms with E-state index in [1.807, 2.05) is 51.1 Å². The molecule has 0 fully saturated rings. The van der Waals surface area contributed by atoms with Gasteiger partial charge in [-0.1, -0.05) is 57.2 Å². The molecule has 1 aliphatic rings. The Hall–Kier alpha value is -4.86. The first kappa shape index (κ1) is 29.1. The molecule has 3 aromatic carbocycles. The number of hydrogen-bond donors (Lipinski definition) is 0. The zero-order chi connectivity index (χ0) is 29.6. The van der Waals surface area contributed by atoms with Crippen molar-refractivity contribution in [2.45, 2.75) is 27.4 Å². The van der Waals surface area contributed by atoms with Gasteiger partial charge in [0.1, 0.15) is 30.2 Å². The summed E-state index contributed by atoms with van der Waals surface area (Å²) in [4.78, 5) is 52.7. The third kappa shape index (κ3) is 7.42. The van der Waals surface area contributed by atoms with E-state index in [9.17, 15) is 19.2 Å². The molecule has 1 aliphatic heterocycles. The fourth-order valence-electron chi connectivity index (χ4n) is 3.89. The van der Waals surface area contributed by atoms with E-state index >= 15 is 0 Å². The van der Waals surface area contributed by atoms with Crippen LogP contribution in [0.25, 0.3) is 0 Å². The molecule has 0 aromatic heterocycles. The fraction of sp³-hybridized carbons (Fsp3) is 0.290. The van der Waals surface area contributed by atoms with Crippen LogP contribution in [0.1, 0.15) is 47.1 Å². The number of hydrogen-bond acceptors (Lipinski definition) is 9. The zero-order valence-corrected chi connectivity index (χ0v) is 23.3. The van der Waals surface area contributed by atoms with Crippen molar-refractivity contribution in [3.8, 4) is 17.2 Å². The number of ether oxygens (including phenoxy) is 5. The van der Waals surface area contributed by atoms with Crippen molar-refractivity contribution in [3.05, 3.63) is 83.4 Å². The summed E-state index contributed by atoms with van der Waals surface area (Å²) in [7, 11) is 1.24. The molecule has 0 saturated carbocycles. The monoisotopic (exact) mass is 561 g/mol. The van der Waals surface area contributed by atoms with Crippen molar-refractivity contribution in [2.24, 2.45) is 5.41 Å². The number of carbonyl (C=O) groups is 4. The molecule has 0 radical (unpaired) electrons. The van der Waals surface area contributed by atoms with E-state index in [-0.39, 0.29) is 52.7 Å². The van der Waals surface area contributed by atoms with Gasteiger partial charge >= 0.3 is 17.9 Å². The molecular weight excluding hydrogens is 530 g/mol. The van der Waals surface area contributed by atoms with Crippen molar-refractivity contribution in [1.82, 2.24) is 0 Å². The maximum atomic E-state index is 14.0. The summed E-state index contributed by atoms with van der Waals surface area (Å²) >= 11 is 0. The second kappa shape index (κ2) is 12.5. The van der Waals surface area contributed by atoms with E-state index < -0.39 is 37.0 Å². The Morgan fingerprint density at radius 1 is 0.878 bits per heavy atom. The smallest absolute Gasteiger partial charge is 0.344 e. The van der Waals surface area contributed by atoms with Gasteiger partial charge in [-0.05, 0) is 41.3 Å². The lowest BCUT2D eigenvalue weighted by atomic mass is 9.99. The Morgan fingerprint density at radius 3 is 2.34 bits per heavy atom. The SMILES string of the molecule is COC(=O)c1ccc2c(c1)N(CC(=O)OCC(C)(C)C)C(=O)c1c(OCC(=O)OCc3ccccc3)cccc1O2. The lowest BCUT2D eigenvalue weighted by Gasteiger charge is -2.24. The average Bonchev–Trinajstić information content (AvgIpc) is 3.07. The maximum absolute atomic E-state index is 14.0. The highest BCUT2D eigenvalue weighted by atomic mass is 16.6. The van der Waals surface area contributed by atoms with Crippen LogP contribution in [0, 0.1) is 5.41 Å². The highest BCUT2D eigenvalue weighted by Gasteiger charge is 2.34. The molecule has 4 rings (SSSR count). The van der Waals surface area contributed by atoms with Crippen LogP contribution in [-0.4, -0.2) is 50.7 Å². The van der Waals surface area contributed by atoms with E-state index in [2.05, 4.69) is 0 Å². The Bertz CT molecular complexity index is 1440. The Labute approximate surface area is 237 Å². The number of esters is 3. The molecule has 214 valence electrons. The molecule has 0 spiro atoms. The average molecular weight is 562 g/mol. The van der Waals surface area contributed by atoms with Gasteiger partial charge in [0.25, 0.3) is 5.91 Å². The van der Waals surface area contributed by atoms with Crippen LogP contribution in [-0.2, 0) is 30.4 Å².